The zero-order valence-corrected chi connectivity index (χ0v) is 14.8. The van der Waals surface area contributed by atoms with E-state index < -0.39 is 0 Å². The Hall–Kier alpha value is -2.60. The van der Waals surface area contributed by atoms with E-state index in [2.05, 4.69) is 60.7 Å². The minimum Gasteiger partial charge on any atom is -0.0610 e. The van der Waals surface area contributed by atoms with Crippen molar-refractivity contribution in [1.29, 1.82) is 0 Å². The number of rotatable bonds is 0. The van der Waals surface area contributed by atoms with Crippen molar-refractivity contribution in [2.45, 2.75) is 37.5 Å². The molecule has 0 spiro atoms. The summed E-state index contributed by atoms with van der Waals surface area (Å²) in [5.41, 5.74) is 3.35. The molecule has 0 saturated heterocycles. The van der Waals surface area contributed by atoms with Crippen LogP contribution in [0.15, 0.2) is 60.7 Å². The van der Waals surface area contributed by atoms with Crippen LogP contribution in [0.4, 0.5) is 0 Å². The fourth-order valence-electron chi connectivity index (χ4n) is 6.16. The molecule has 3 aliphatic carbocycles. The molecule has 0 heterocycles. The van der Waals surface area contributed by atoms with Crippen molar-refractivity contribution >= 4 is 43.1 Å². The van der Waals surface area contributed by atoms with Crippen molar-refractivity contribution in [1.82, 2.24) is 0 Å². The van der Waals surface area contributed by atoms with E-state index in [-0.39, 0.29) is 0 Å². The first-order valence-corrected chi connectivity index (χ1v) is 10.0. The van der Waals surface area contributed by atoms with Gasteiger partial charge in [0.1, 0.15) is 0 Å². The van der Waals surface area contributed by atoms with Crippen molar-refractivity contribution in [2.24, 2.45) is 0 Å². The van der Waals surface area contributed by atoms with Crippen molar-refractivity contribution in [3.05, 3.63) is 71.8 Å². The summed E-state index contributed by atoms with van der Waals surface area (Å²) in [5.74, 6) is 1.59. The Morgan fingerprint density at radius 3 is 2.08 bits per heavy atom. The Morgan fingerprint density at radius 1 is 0.538 bits per heavy atom. The largest absolute Gasteiger partial charge is 0.0610 e. The fourth-order valence-corrected chi connectivity index (χ4v) is 6.16. The average molecular weight is 332 g/mol. The molecule has 0 unspecified atom stereocenters. The minimum atomic E-state index is 0.784. The summed E-state index contributed by atoms with van der Waals surface area (Å²) in [6, 6.07) is 23.4. The first-order chi connectivity index (χ1) is 12.9. The summed E-state index contributed by atoms with van der Waals surface area (Å²) in [5, 5.41) is 11.4. The topological polar surface area (TPSA) is 0 Å². The molecule has 8 rings (SSSR count). The first-order valence-electron chi connectivity index (χ1n) is 10.0. The Morgan fingerprint density at radius 2 is 1.23 bits per heavy atom. The van der Waals surface area contributed by atoms with E-state index in [1.807, 2.05) is 0 Å². The molecular formula is C26H20. The molecule has 1 fully saturated rings. The van der Waals surface area contributed by atoms with Gasteiger partial charge in [-0.05, 0) is 97.8 Å². The summed E-state index contributed by atoms with van der Waals surface area (Å²) in [4.78, 5) is 0. The van der Waals surface area contributed by atoms with E-state index in [1.165, 1.54) is 68.8 Å². The predicted octanol–water partition coefficient (Wildman–Crippen LogP) is 7.49. The lowest BCUT2D eigenvalue weighted by Crippen LogP contribution is -2.21. The molecule has 0 aromatic heterocycles. The van der Waals surface area contributed by atoms with Crippen LogP contribution in [0.5, 0.6) is 0 Å². The van der Waals surface area contributed by atoms with Gasteiger partial charge in [-0.3, -0.25) is 0 Å². The summed E-state index contributed by atoms with van der Waals surface area (Å²) in [6.45, 7) is 0. The van der Waals surface area contributed by atoms with Crippen LogP contribution in [-0.2, 0) is 0 Å². The summed E-state index contributed by atoms with van der Waals surface area (Å²) in [6.07, 6.45) is 5.58. The smallest absolute Gasteiger partial charge is 0.00203 e. The molecule has 0 radical (unpaired) electrons. The third-order valence-corrected chi connectivity index (χ3v) is 7.30. The summed E-state index contributed by atoms with van der Waals surface area (Å²) >= 11 is 0. The van der Waals surface area contributed by atoms with Crippen LogP contribution in [0, 0.1) is 0 Å². The van der Waals surface area contributed by atoms with Crippen molar-refractivity contribution in [3.8, 4) is 0 Å². The van der Waals surface area contributed by atoms with E-state index >= 15 is 0 Å². The fraction of sp³-hybridized carbons (Fsp3) is 0.231. The monoisotopic (exact) mass is 332 g/mol. The van der Waals surface area contributed by atoms with Crippen LogP contribution in [0.1, 0.15) is 48.6 Å². The van der Waals surface area contributed by atoms with Gasteiger partial charge in [0.05, 0.1) is 0 Å². The maximum Gasteiger partial charge on any atom is -0.00203 e. The van der Waals surface area contributed by atoms with E-state index in [9.17, 15) is 0 Å². The second-order valence-electron chi connectivity index (χ2n) is 8.44. The van der Waals surface area contributed by atoms with Gasteiger partial charge in [0.2, 0.25) is 0 Å². The van der Waals surface area contributed by atoms with Crippen LogP contribution in [0.2, 0.25) is 0 Å². The van der Waals surface area contributed by atoms with Gasteiger partial charge in [0, 0.05) is 0 Å². The normalized spacial score (nSPS) is 22.0. The number of hydrogen-bond acceptors (Lipinski definition) is 0. The Kier molecular flexibility index (Phi) is 2.39. The predicted molar refractivity (Wildman–Crippen MR) is 112 cm³/mol. The molecule has 124 valence electrons. The van der Waals surface area contributed by atoms with E-state index in [4.69, 9.17) is 0 Å². The Bertz CT molecular complexity index is 1320. The highest BCUT2D eigenvalue weighted by Crippen LogP contribution is 2.52. The molecule has 0 N–H and O–H groups in total. The van der Waals surface area contributed by atoms with E-state index in [0.29, 0.717) is 0 Å². The van der Waals surface area contributed by atoms with Gasteiger partial charge in [-0.15, -0.1) is 0 Å². The third-order valence-electron chi connectivity index (χ3n) is 7.30. The minimum absolute atomic E-state index is 0.784. The van der Waals surface area contributed by atoms with E-state index in [0.717, 1.165) is 11.8 Å². The molecule has 5 aromatic carbocycles. The second-order valence-corrected chi connectivity index (χ2v) is 8.44. The molecule has 1 saturated carbocycles. The number of benzene rings is 5. The lowest BCUT2D eigenvalue weighted by atomic mass is 9.65. The quantitative estimate of drug-likeness (QED) is 0.203. The van der Waals surface area contributed by atoms with Crippen LogP contribution in [0.25, 0.3) is 43.1 Å². The zero-order valence-electron chi connectivity index (χ0n) is 14.8. The maximum absolute atomic E-state index is 2.50. The molecule has 0 aliphatic heterocycles. The van der Waals surface area contributed by atoms with Gasteiger partial charge in [-0.1, -0.05) is 54.6 Å². The van der Waals surface area contributed by atoms with Crippen LogP contribution >= 0.6 is 0 Å². The first kappa shape index (κ1) is 13.6. The molecule has 26 heavy (non-hydrogen) atoms. The lowest BCUT2D eigenvalue weighted by Gasteiger charge is -2.39. The number of fused-ring (bicyclic) bond motifs is 4. The van der Waals surface area contributed by atoms with Crippen molar-refractivity contribution in [2.75, 3.05) is 0 Å². The highest BCUT2D eigenvalue weighted by Gasteiger charge is 2.34. The maximum atomic E-state index is 2.50. The standard InChI is InChI=1S/C26H20/c1-2-16-8-9-19-14-23-21(22-11-10-17(3-1)24(16)26(19)22)13-12-20-15-4-6-18(7-5-15)25(20)23/h1-3,8-15,18H,4-7H2. The van der Waals surface area contributed by atoms with Gasteiger partial charge in [0.15, 0.2) is 0 Å². The summed E-state index contributed by atoms with van der Waals surface area (Å²) in [7, 11) is 0. The second kappa shape index (κ2) is 4.57. The molecule has 5 aromatic rings. The van der Waals surface area contributed by atoms with Gasteiger partial charge in [0.25, 0.3) is 0 Å². The Labute approximate surface area is 152 Å². The molecule has 0 atom stereocenters. The van der Waals surface area contributed by atoms with Gasteiger partial charge >= 0.3 is 0 Å². The highest BCUT2D eigenvalue weighted by atomic mass is 14.4. The highest BCUT2D eigenvalue weighted by molar-refractivity contribution is 6.29. The zero-order chi connectivity index (χ0) is 16.8. The van der Waals surface area contributed by atoms with Crippen LogP contribution < -0.4 is 0 Å². The van der Waals surface area contributed by atoms with Crippen LogP contribution in [0.3, 0.4) is 0 Å². The summed E-state index contributed by atoms with van der Waals surface area (Å²) < 4.78 is 0. The van der Waals surface area contributed by atoms with Gasteiger partial charge < -0.3 is 0 Å². The molecule has 0 amide bonds. The van der Waals surface area contributed by atoms with Gasteiger partial charge in [-0.2, -0.15) is 0 Å². The molecule has 0 heteroatoms. The third kappa shape index (κ3) is 1.53. The molecule has 0 nitrogen and oxygen atoms in total. The van der Waals surface area contributed by atoms with Crippen molar-refractivity contribution < 1.29 is 0 Å². The van der Waals surface area contributed by atoms with Gasteiger partial charge in [-0.25, -0.2) is 0 Å². The van der Waals surface area contributed by atoms with Crippen LogP contribution in [-0.4, -0.2) is 0 Å². The molecule has 3 aliphatic rings. The van der Waals surface area contributed by atoms with Crippen molar-refractivity contribution in [3.63, 3.8) is 0 Å². The molecular weight excluding hydrogens is 312 g/mol. The SMILES string of the molecule is c1cc2ccc3cc4c5c(ccc4c4ccc(c1)c2c34)C1CCC5CC1. The van der Waals surface area contributed by atoms with E-state index in [1.54, 1.807) is 11.1 Å². The lowest BCUT2D eigenvalue weighted by molar-refractivity contribution is 0.361. The molecule has 2 bridgehead atoms. The number of hydrogen-bond donors (Lipinski definition) is 0. The Balaban J connectivity index is 1.73. The average Bonchev–Trinajstić information content (AvgIpc) is 2.72.